The molecule has 1 aromatic rings. The molecular weight excluding hydrogens is 206 g/mol. The molecule has 1 aliphatic rings. The number of Topliss-reactive ketones (excluding diaryl/α,β-unsaturated/α-hetero) is 1. The van der Waals surface area contributed by atoms with Gasteiger partial charge in [-0.3, -0.25) is 9.59 Å². The van der Waals surface area contributed by atoms with Gasteiger partial charge >= 0.3 is 0 Å². The van der Waals surface area contributed by atoms with Gasteiger partial charge in [-0.15, -0.1) is 0 Å². The highest BCUT2D eigenvalue weighted by Crippen LogP contribution is 2.14. The molecule has 1 N–H and O–H groups in total. The lowest BCUT2D eigenvalue weighted by molar-refractivity contribution is -0.120. The fourth-order valence-electron chi connectivity index (χ4n) is 1.75. The summed E-state index contributed by atoms with van der Waals surface area (Å²) in [4.78, 5) is 24.7. The van der Waals surface area contributed by atoms with E-state index in [2.05, 4.69) is 0 Å². The summed E-state index contributed by atoms with van der Waals surface area (Å²) in [6, 6.07) is 6.16. The van der Waals surface area contributed by atoms with Crippen molar-refractivity contribution in [1.82, 2.24) is 4.90 Å². The normalized spacial score (nSPS) is 16.2. The van der Waals surface area contributed by atoms with E-state index in [1.807, 2.05) is 0 Å². The molecule has 1 aromatic carbocycles. The molecular formula is C12H13NO3. The zero-order chi connectivity index (χ0) is 11.5. The van der Waals surface area contributed by atoms with Crippen molar-refractivity contribution in [3.63, 3.8) is 0 Å². The molecule has 0 bridgehead atoms. The number of hydrogen-bond acceptors (Lipinski definition) is 3. The van der Waals surface area contributed by atoms with E-state index in [1.54, 1.807) is 17.0 Å². The number of carbonyl (C=O) groups is 2. The van der Waals surface area contributed by atoms with E-state index in [-0.39, 0.29) is 17.4 Å². The fourth-order valence-corrected chi connectivity index (χ4v) is 1.75. The summed E-state index contributed by atoms with van der Waals surface area (Å²) in [6.45, 7) is 0.997. The van der Waals surface area contributed by atoms with Crippen molar-refractivity contribution in [3.8, 4) is 5.75 Å². The topological polar surface area (TPSA) is 57.6 Å². The maximum atomic E-state index is 12.0. The Morgan fingerprint density at radius 2 is 1.69 bits per heavy atom. The van der Waals surface area contributed by atoms with Crippen LogP contribution in [0, 0.1) is 0 Å². The van der Waals surface area contributed by atoms with E-state index in [0.29, 0.717) is 31.5 Å². The van der Waals surface area contributed by atoms with Crippen LogP contribution in [0.1, 0.15) is 23.2 Å². The Morgan fingerprint density at radius 1 is 1.12 bits per heavy atom. The molecule has 0 atom stereocenters. The van der Waals surface area contributed by atoms with E-state index in [0.717, 1.165) is 0 Å². The molecule has 1 heterocycles. The minimum Gasteiger partial charge on any atom is -0.508 e. The summed E-state index contributed by atoms with van der Waals surface area (Å²) in [6.07, 6.45) is 0.896. The molecule has 2 rings (SSSR count). The van der Waals surface area contributed by atoms with E-state index < -0.39 is 0 Å². The number of benzene rings is 1. The Labute approximate surface area is 93.5 Å². The number of rotatable bonds is 1. The van der Waals surface area contributed by atoms with Crippen molar-refractivity contribution in [2.45, 2.75) is 12.8 Å². The highest BCUT2D eigenvalue weighted by molar-refractivity contribution is 5.95. The van der Waals surface area contributed by atoms with Crippen LogP contribution in [0.15, 0.2) is 24.3 Å². The second-order valence-corrected chi connectivity index (χ2v) is 3.88. The fraction of sp³-hybridized carbons (Fsp3) is 0.333. The Balaban J connectivity index is 2.07. The van der Waals surface area contributed by atoms with Crippen molar-refractivity contribution in [3.05, 3.63) is 29.8 Å². The third kappa shape index (κ3) is 2.21. The first-order chi connectivity index (χ1) is 7.66. The number of amides is 1. The van der Waals surface area contributed by atoms with Gasteiger partial charge in [-0.25, -0.2) is 0 Å². The van der Waals surface area contributed by atoms with E-state index in [1.165, 1.54) is 12.1 Å². The molecule has 4 nitrogen and oxygen atoms in total. The number of aromatic hydroxyl groups is 1. The molecule has 0 radical (unpaired) electrons. The molecule has 0 saturated carbocycles. The van der Waals surface area contributed by atoms with Gasteiger partial charge in [0.1, 0.15) is 11.5 Å². The summed E-state index contributed by atoms with van der Waals surface area (Å²) in [5.74, 6) is 0.285. The monoisotopic (exact) mass is 219 g/mol. The van der Waals surface area contributed by atoms with Crippen LogP contribution in [0.4, 0.5) is 0 Å². The lowest BCUT2D eigenvalue weighted by Crippen LogP contribution is -2.38. The number of phenolic OH excluding ortho intramolecular Hbond substituents is 1. The minimum absolute atomic E-state index is 0.0764. The maximum absolute atomic E-state index is 12.0. The molecule has 1 aliphatic heterocycles. The molecule has 0 aliphatic carbocycles. The second-order valence-electron chi connectivity index (χ2n) is 3.88. The lowest BCUT2D eigenvalue weighted by Gasteiger charge is -2.26. The van der Waals surface area contributed by atoms with Crippen molar-refractivity contribution in [1.29, 1.82) is 0 Å². The standard InChI is InChI=1S/C12H13NO3/c14-10-3-1-9(2-4-10)12(16)13-7-5-11(15)6-8-13/h1-4,14H,5-8H2. The van der Waals surface area contributed by atoms with Crippen LogP contribution in [0.3, 0.4) is 0 Å². The largest absolute Gasteiger partial charge is 0.508 e. The van der Waals surface area contributed by atoms with Gasteiger partial charge in [0.2, 0.25) is 0 Å². The van der Waals surface area contributed by atoms with Crippen LogP contribution in [-0.4, -0.2) is 34.8 Å². The Hall–Kier alpha value is -1.84. The van der Waals surface area contributed by atoms with Gasteiger partial charge in [-0.2, -0.15) is 0 Å². The summed E-state index contributed by atoms with van der Waals surface area (Å²) >= 11 is 0. The molecule has 0 aromatic heterocycles. The molecule has 16 heavy (non-hydrogen) atoms. The second kappa shape index (κ2) is 4.35. The van der Waals surface area contributed by atoms with Crippen LogP contribution in [0.25, 0.3) is 0 Å². The average Bonchev–Trinajstić information content (AvgIpc) is 2.30. The molecule has 84 valence electrons. The van der Waals surface area contributed by atoms with Gasteiger partial charge in [-0.1, -0.05) is 0 Å². The number of nitrogens with zero attached hydrogens (tertiary/aromatic N) is 1. The van der Waals surface area contributed by atoms with E-state index in [4.69, 9.17) is 5.11 Å². The molecule has 1 fully saturated rings. The average molecular weight is 219 g/mol. The highest BCUT2D eigenvalue weighted by Gasteiger charge is 2.21. The summed E-state index contributed by atoms with van der Waals surface area (Å²) in [5, 5.41) is 9.11. The van der Waals surface area contributed by atoms with Crippen molar-refractivity contribution < 1.29 is 14.7 Å². The van der Waals surface area contributed by atoms with Gasteiger partial charge in [0.25, 0.3) is 5.91 Å². The Kier molecular flexibility index (Phi) is 2.90. The van der Waals surface area contributed by atoms with Crippen molar-refractivity contribution in [2.24, 2.45) is 0 Å². The van der Waals surface area contributed by atoms with Gasteiger partial charge in [0.05, 0.1) is 0 Å². The third-order valence-corrected chi connectivity index (χ3v) is 2.72. The first-order valence-electron chi connectivity index (χ1n) is 5.27. The molecule has 4 heteroatoms. The maximum Gasteiger partial charge on any atom is 0.253 e. The third-order valence-electron chi connectivity index (χ3n) is 2.72. The number of likely N-dealkylation sites (tertiary alicyclic amines) is 1. The van der Waals surface area contributed by atoms with Crippen molar-refractivity contribution in [2.75, 3.05) is 13.1 Å². The van der Waals surface area contributed by atoms with Crippen molar-refractivity contribution >= 4 is 11.7 Å². The van der Waals surface area contributed by atoms with Crippen LogP contribution >= 0.6 is 0 Å². The Morgan fingerprint density at radius 3 is 2.25 bits per heavy atom. The quantitative estimate of drug-likeness (QED) is 0.772. The smallest absolute Gasteiger partial charge is 0.253 e. The summed E-state index contributed by atoms with van der Waals surface area (Å²) in [7, 11) is 0. The van der Waals surface area contributed by atoms with Crippen LogP contribution in [0.2, 0.25) is 0 Å². The zero-order valence-corrected chi connectivity index (χ0v) is 8.85. The SMILES string of the molecule is O=C1CCN(C(=O)c2ccc(O)cc2)CC1. The van der Waals surface area contributed by atoms with Crippen LogP contribution in [-0.2, 0) is 4.79 Å². The number of hydrogen-bond donors (Lipinski definition) is 1. The van der Waals surface area contributed by atoms with E-state index >= 15 is 0 Å². The predicted octanol–water partition coefficient (Wildman–Crippen LogP) is 1.20. The first kappa shape index (κ1) is 10.7. The van der Waals surface area contributed by atoms with Gasteiger partial charge in [0, 0.05) is 31.5 Å². The molecule has 1 saturated heterocycles. The lowest BCUT2D eigenvalue weighted by atomic mass is 10.1. The van der Waals surface area contributed by atoms with Crippen LogP contribution in [0.5, 0.6) is 5.75 Å². The predicted molar refractivity (Wildman–Crippen MR) is 58.3 cm³/mol. The Bertz CT molecular complexity index is 401. The van der Waals surface area contributed by atoms with E-state index in [9.17, 15) is 9.59 Å². The van der Waals surface area contributed by atoms with Gasteiger partial charge < -0.3 is 10.0 Å². The zero-order valence-electron chi connectivity index (χ0n) is 8.85. The number of piperidine rings is 1. The number of ketones is 1. The van der Waals surface area contributed by atoms with Gasteiger partial charge in [0.15, 0.2) is 0 Å². The van der Waals surface area contributed by atoms with Gasteiger partial charge in [-0.05, 0) is 24.3 Å². The van der Waals surface area contributed by atoms with Crippen LogP contribution < -0.4 is 0 Å². The number of carbonyl (C=O) groups excluding carboxylic acids is 2. The summed E-state index contributed by atoms with van der Waals surface area (Å²) in [5.41, 5.74) is 0.548. The summed E-state index contributed by atoms with van der Waals surface area (Å²) < 4.78 is 0. The number of phenols is 1. The minimum atomic E-state index is -0.0764. The molecule has 0 spiro atoms. The highest BCUT2D eigenvalue weighted by atomic mass is 16.3. The first-order valence-corrected chi connectivity index (χ1v) is 5.27. The molecule has 1 amide bonds. The molecule has 0 unspecified atom stereocenters.